The number of halogens is 2. The Bertz CT molecular complexity index is 916. The third-order valence-electron chi connectivity index (χ3n) is 5.98. The van der Waals surface area contributed by atoms with Crippen LogP contribution >= 0.6 is 23.2 Å². The largest absolute Gasteiger partial charge is 0.396 e. The molecule has 0 bridgehead atoms. The first kappa shape index (κ1) is 23.8. The van der Waals surface area contributed by atoms with E-state index in [1.807, 2.05) is 32.2 Å². The number of hydrogen-bond donors (Lipinski definition) is 2. The summed E-state index contributed by atoms with van der Waals surface area (Å²) in [6, 6.07) is 5.57. The Morgan fingerprint density at radius 3 is 2.68 bits per heavy atom. The van der Waals surface area contributed by atoms with Gasteiger partial charge in [-0.25, -0.2) is 4.79 Å². The first-order chi connectivity index (χ1) is 14.8. The lowest BCUT2D eigenvalue weighted by Crippen LogP contribution is -2.48. The number of aliphatic hydroxyl groups is 1. The van der Waals surface area contributed by atoms with Crippen molar-refractivity contribution in [2.75, 3.05) is 33.8 Å². The van der Waals surface area contributed by atoms with Gasteiger partial charge in [0.1, 0.15) is 0 Å². The van der Waals surface area contributed by atoms with Crippen molar-refractivity contribution in [2.24, 2.45) is 0 Å². The van der Waals surface area contributed by atoms with Gasteiger partial charge in [-0.1, -0.05) is 35.3 Å². The van der Waals surface area contributed by atoms with Gasteiger partial charge in [0.05, 0.1) is 16.1 Å². The minimum atomic E-state index is -0.292. The second-order valence-electron chi connectivity index (χ2n) is 8.20. The molecule has 168 valence electrons. The van der Waals surface area contributed by atoms with E-state index >= 15 is 0 Å². The molecule has 0 radical (unpaired) electrons. The highest BCUT2D eigenvalue weighted by molar-refractivity contribution is 6.44. The zero-order valence-corrected chi connectivity index (χ0v) is 19.7. The van der Waals surface area contributed by atoms with E-state index in [1.165, 1.54) is 0 Å². The van der Waals surface area contributed by atoms with Crippen LogP contribution in [0.3, 0.4) is 0 Å². The van der Waals surface area contributed by atoms with Crippen LogP contribution in [0.1, 0.15) is 36.9 Å². The average molecular weight is 465 g/mol. The maximum atomic E-state index is 12.8. The molecule has 2 heterocycles. The first-order valence-corrected chi connectivity index (χ1v) is 11.3. The van der Waals surface area contributed by atoms with E-state index in [2.05, 4.69) is 22.2 Å². The van der Waals surface area contributed by atoms with Gasteiger partial charge in [-0.3, -0.25) is 4.98 Å². The summed E-state index contributed by atoms with van der Waals surface area (Å²) in [4.78, 5) is 21.1. The Morgan fingerprint density at radius 2 is 2.00 bits per heavy atom. The zero-order chi connectivity index (χ0) is 22.5. The van der Waals surface area contributed by atoms with Crippen molar-refractivity contribution in [3.8, 4) is 11.1 Å². The molecule has 2 N–H and O–H groups in total. The molecule has 8 heteroatoms. The lowest BCUT2D eigenvalue weighted by atomic mass is 10.0. The van der Waals surface area contributed by atoms with Crippen molar-refractivity contribution < 1.29 is 9.90 Å². The molecule has 1 atom stereocenters. The highest BCUT2D eigenvalue weighted by atomic mass is 35.5. The number of urea groups is 1. The Kier molecular flexibility index (Phi) is 8.17. The molecule has 0 aliphatic carbocycles. The molecule has 1 aliphatic heterocycles. The summed E-state index contributed by atoms with van der Waals surface area (Å²) < 4.78 is 0. The number of carbonyl (C=O) groups excluding carboxylic acids is 1. The molecule has 2 amide bonds. The first-order valence-electron chi connectivity index (χ1n) is 10.6. The van der Waals surface area contributed by atoms with Crippen molar-refractivity contribution in [2.45, 2.75) is 38.3 Å². The molecule has 1 aromatic heterocycles. The quantitative estimate of drug-likeness (QED) is 0.664. The van der Waals surface area contributed by atoms with Gasteiger partial charge in [-0.2, -0.15) is 0 Å². The van der Waals surface area contributed by atoms with Gasteiger partial charge in [-0.15, -0.1) is 0 Å². The number of carbonyl (C=O) groups is 1. The number of hydrogen-bond acceptors (Lipinski definition) is 4. The van der Waals surface area contributed by atoms with Gasteiger partial charge in [0.2, 0.25) is 0 Å². The van der Waals surface area contributed by atoms with Gasteiger partial charge >= 0.3 is 6.03 Å². The van der Waals surface area contributed by atoms with Crippen LogP contribution in [-0.2, 0) is 6.42 Å². The minimum Gasteiger partial charge on any atom is -0.396 e. The Balaban J connectivity index is 1.73. The second-order valence-corrected chi connectivity index (χ2v) is 8.96. The molecule has 1 fully saturated rings. The Morgan fingerprint density at radius 1 is 1.29 bits per heavy atom. The monoisotopic (exact) mass is 464 g/mol. The molecule has 1 aliphatic rings. The van der Waals surface area contributed by atoms with Crippen molar-refractivity contribution in [1.29, 1.82) is 0 Å². The molecule has 6 nitrogen and oxygen atoms in total. The Labute approximate surface area is 194 Å². The summed E-state index contributed by atoms with van der Waals surface area (Å²) in [6.45, 7) is 3.95. The molecule has 3 rings (SSSR count). The number of nitrogens with one attached hydrogen (secondary N) is 1. The number of likely N-dealkylation sites (tertiary alicyclic amines) is 1. The normalized spacial score (nSPS) is 16.2. The van der Waals surface area contributed by atoms with Crippen LogP contribution in [0.25, 0.3) is 11.1 Å². The third-order valence-corrected chi connectivity index (χ3v) is 6.88. The van der Waals surface area contributed by atoms with E-state index in [1.54, 1.807) is 17.3 Å². The van der Waals surface area contributed by atoms with Crippen LogP contribution in [-0.4, -0.2) is 65.8 Å². The number of pyridine rings is 1. The summed E-state index contributed by atoms with van der Waals surface area (Å²) in [7, 11) is 3.95. The Hall–Kier alpha value is -1.86. The van der Waals surface area contributed by atoms with Gasteiger partial charge in [0.25, 0.3) is 0 Å². The van der Waals surface area contributed by atoms with E-state index in [0.717, 1.165) is 48.2 Å². The van der Waals surface area contributed by atoms with Crippen molar-refractivity contribution in [3.05, 3.63) is 51.8 Å². The molecule has 2 aromatic rings. The number of amides is 2. The topological polar surface area (TPSA) is 68.7 Å². The predicted octanol–water partition coefficient (Wildman–Crippen LogP) is 4.39. The number of nitrogens with zero attached hydrogens (tertiary/aromatic N) is 3. The predicted molar refractivity (Wildman–Crippen MR) is 126 cm³/mol. The van der Waals surface area contributed by atoms with Crippen LogP contribution in [0.2, 0.25) is 10.0 Å². The van der Waals surface area contributed by atoms with Crippen LogP contribution in [0, 0.1) is 0 Å². The molecule has 31 heavy (non-hydrogen) atoms. The fourth-order valence-corrected chi connectivity index (χ4v) is 4.54. The standard InChI is InChI=1S/C23H30Cl2N4O2/c1-15(27-23(31)29(3)18-6-9-28(2)10-7-18)19-4-5-20(22(25)21(19)24)17-12-16(8-11-30)13-26-14-17/h4-5,12-15,18,30H,6-11H2,1-3H3,(H,27,31). The fourth-order valence-electron chi connectivity index (χ4n) is 3.94. The molecular formula is C23H30Cl2N4O2. The molecular weight excluding hydrogens is 435 g/mol. The second kappa shape index (κ2) is 10.6. The number of benzene rings is 1. The van der Waals surface area contributed by atoms with E-state index in [9.17, 15) is 4.79 Å². The highest BCUT2D eigenvalue weighted by Crippen LogP contribution is 2.38. The third kappa shape index (κ3) is 5.69. The summed E-state index contributed by atoms with van der Waals surface area (Å²) in [5.41, 5.74) is 3.29. The summed E-state index contributed by atoms with van der Waals surface area (Å²) in [5, 5.41) is 13.1. The van der Waals surface area contributed by atoms with Crippen molar-refractivity contribution in [3.63, 3.8) is 0 Å². The van der Waals surface area contributed by atoms with Crippen LogP contribution in [0.4, 0.5) is 4.79 Å². The summed E-state index contributed by atoms with van der Waals surface area (Å²) >= 11 is 13.2. The van der Waals surface area contributed by atoms with Crippen LogP contribution in [0.5, 0.6) is 0 Å². The lowest BCUT2D eigenvalue weighted by molar-refractivity contribution is 0.146. The van der Waals surface area contributed by atoms with Crippen LogP contribution < -0.4 is 5.32 Å². The smallest absolute Gasteiger partial charge is 0.317 e. The zero-order valence-electron chi connectivity index (χ0n) is 18.2. The van der Waals surface area contributed by atoms with Crippen molar-refractivity contribution >= 4 is 29.2 Å². The van der Waals surface area contributed by atoms with E-state index in [0.29, 0.717) is 16.5 Å². The number of piperidine rings is 1. The van der Waals surface area contributed by atoms with E-state index in [4.69, 9.17) is 28.3 Å². The lowest BCUT2D eigenvalue weighted by Gasteiger charge is -2.35. The van der Waals surface area contributed by atoms with E-state index < -0.39 is 0 Å². The highest BCUT2D eigenvalue weighted by Gasteiger charge is 2.25. The summed E-state index contributed by atoms with van der Waals surface area (Å²) in [6.07, 6.45) is 5.92. The summed E-state index contributed by atoms with van der Waals surface area (Å²) in [5.74, 6) is 0. The molecule has 1 saturated heterocycles. The number of aliphatic hydroxyl groups excluding tert-OH is 1. The van der Waals surface area contributed by atoms with Gasteiger partial charge in [0, 0.05) is 43.2 Å². The van der Waals surface area contributed by atoms with Gasteiger partial charge < -0.3 is 20.2 Å². The fraction of sp³-hybridized carbons (Fsp3) is 0.478. The maximum absolute atomic E-state index is 12.8. The molecule has 1 unspecified atom stereocenters. The maximum Gasteiger partial charge on any atom is 0.317 e. The van der Waals surface area contributed by atoms with Crippen LogP contribution in [0.15, 0.2) is 30.6 Å². The SMILES string of the molecule is CC(NC(=O)N(C)C1CCN(C)CC1)c1ccc(-c2cncc(CCO)c2)c(Cl)c1Cl. The van der Waals surface area contributed by atoms with Gasteiger partial charge in [0.15, 0.2) is 0 Å². The molecule has 1 aromatic carbocycles. The molecule has 0 saturated carbocycles. The van der Waals surface area contributed by atoms with Gasteiger partial charge in [-0.05, 0) is 63.5 Å². The van der Waals surface area contributed by atoms with E-state index in [-0.39, 0.29) is 24.7 Å². The minimum absolute atomic E-state index is 0.0573. The molecule has 0 spiro atoms. The average Bonchev–Trinajstić information content (AvgIpc) is 2.76. The number of rotatable bonds is 6. The number of aromatic nitrogens is 1. The van der Waals surface area contributed by atoms with Crippen molar-refractivity contribution in [1.82, 2.24) is 20.1 Å².